The first-order chi connectivity index (χ1) is 12.6. The van der Waals surface area contributed by atoms with Crippen molar-refractivity contribution in [2.24, 2.45) is 5.92 Å². The summed E-state index contributed by atoms with van der Waals surface area (Å²) in [7, 11) is 0. The number of hydrogen-bond acceptors (Lipinski definition) is 6. The van der Waals surface area contributed by atoms with Gasteiger partial charge in [0.15, 0.2) is 18.1 Å². The Balaban J connectivity index is 1.32. The number of nitrogens with one attached hydrogen (secondary N) is 1. The molecule has 1 N–H and O–H groups in total. The Bertz CT molecular complexity index is 860. The van der Waals surface area contributed by atoms with Crippen LogP contribution in [0.25, 0.3) is 0 Å². The average molecular weight is 373 g/mol. The van der Waals surface area contributed by atoms with Gasteiger partial charge in [0.1, 0.15) is 4.88 Å². The van der Waals surface area contributed by atoms with E-state index in [1.165, 1.54) is 21.8 Å². The number of carbonyl (C=O) groups is 2. The average Bonchev–Trinajstić information content (AvgIpc) is 3.25. The Kier molecular flexibility index (Phi) is 4.55. The van der Waals surface area contributed by atoms with Crippen LogP contribution in [0.2, 0.25) is 0 Å². The van der Waals surface area contributed by atoms with Crippen LogP contribution in [0.1, 0.15) is 33.5 Å². The van der Waals surface area contributed by atoms with Crippen molar-refractivity contribution >= 4 is 28.9 Å². The summed E-state index contributed by atoms with van der Waals surface area (Å²) >= 11 is 1.48. The normalized spacial score (nSPS) is 17.5. The number of benzene rings is 1. The molecule has 136 valence electrons. The summed E-state index contributed by atoms with van der Waals surface area (Å²) in [6.45, 7) is 2.07. The molecule has 2 heterocycles. The van der Waals surface area contributed by atoms with Gasteiger partial charge in [-0.1, -0.05) is 6.92 Å². The highest BCUT2D eigenvalue weighted by Crippen LogP contribution is 2.34. The van der Waals surface area contributed by atoms with E-state index in [-0.39, 0.29) is 13.4 Å². The topological polar surface area (TPSA) is 73.9 Å². The van der Waals surface area contributed by atoms with Gasteiger partial charge < -0.3 is 19.5 Å². The molecule has 1 aromatic heterocycles. The highest BCUT2D eigenvalue weighted by molar-refractivity contribution is 7.14. The number of thiophene rings is 1. The zero-order valence-electron chi connectivity index (χ0n) is 14.4. The maximum atomic E-state index is 12.2. The molecule has 0 radical (unpaired) electrons. The van der Waals surface area contributed by atoms with Crippen LogP contribution >= 0.6 is 11.3 Å². The molecule has 2 aliphatic rings. The van der Waals surface area contributed by atoms with Crippen molar-refractivity contribution in [3.8, 4) is 11.5 Å². The minimum atomic E-state index is -0.446. The Morgan fingerprint density at radius 2 is 2.12 bits per heavy atom. The zero-order valence-corrected chi connectivity index (χ0v) is 15.2. The number of ether oxygens (including phenoxy) is 3. The molecule has 0 saturated carbocycles. The van der Waals surface area contributed by atoms with E-state index in [2.05, 4.69) is 12.2 Å². The number of rotatable bonds is 4. The molecular formula is C19H19NO5S. The number of anilines is 1. The van der Waals surface area contributed by atoms with Gasteiger partial charge >= 0.3 is 5.97 Å². The molecule has 6 nitrogen and oxygen atoms in total. The molecule has 1 aliphatic carbocycles. The van der Waals surface area contributed by atoms with Gasteiger partial charge in [-0.05, 0) is 48.9 Å². The molecule has 1 unspecified atom stereocenters. The largest absolute Gasteiger partial charge is 0.454 e. The maximum Gasteiger partial charge on any atom is 0.348 e. The Labute approximate surface area is 155 Å². The molecule has 1 aliphatic heterocycles. The molecule has 1 atom stereocenters. The molecule has 0 bridgehead atoms. The number of fused-ring (bicyclic) bond motifs is 2. The molecule has 0 saturated heterocycles. The molecule has 4 rings (SSSR count). The van der Waals surface area contributed by atoms with Crippen molar-refractivity contribution in [3.63, 3.8) is 0 Å². The van der Waals surface area contributed by atoms with E-state index < -0.39 is 11.9 Å². The first kappa shape index (κ1) is 16.9. The molecule has 0 fully saturated rings. The summed E-state index contributed by atoms with van der Waals surface area (Å²) in [5, 5.41) is 2.68. The maximum absolute atomic E-state index is 12.2. The van der Waals surface area contributed by atoms with Gasteiger partial charge in [0.25, 0.3) is 5.91 Å². The summed E-state index contributed by atoms with van der Waals surface area (Å²) in [5.74, 6) is 1.03. The van der Waals surface area contributed by atoms with Gasteiger partial charge in [-0.3, -0.25) is 4.79 Å². The van der Waals surface area contributed by atoms with Crippen LogP contribution in [-0.2, 0) is 22.4 Å². The highest BCUT2D eigenvalue weighted by Gasteiger charge is 2.22. The van der Waals surface area contributed by atoms with Crippen LogP contribution in [0.15, 0.2) is 24.3 Å². The lowest BCUT2D eigenvalue weighted by atomic mass is 9.90. The van der Waals surface area contributed by atoms with E-state index in [1.807, 2.05) is 6.07 Å². The lowest BCUT2D eigenvalue weighted by molar-refractivity contribution is -0.119. The monoisotopic (exact) mass is 373 g/mol. The summed E-state index contributed by atoms with van der Waals surface area (Å²) in [4.78, 5) is 26.1. The lowest BCUT2D eigenvalue weighted by Crippen LogP contribution is -2.20. The number of aryl methyl sites for hydroxylation is 1. The second-order valence-electron chi connectivity index (χ2n) is 6.60. The highest BCUT2D eigenvalue weighted by atomic mass is 32.1. The van der Waals surface area contributed by atoms with E-state index in [1.54, 1.807) is 18.2 Å². The van der Waals surface area contributed by atoms with Crippen molar-refractivity contribution in [1.82, 2.24) is 0 Å². The molecule has 1 amide bonds. The smallest absolute Gasteiger partial charge is 0.348 e. The van der Waals surface area contributed by atoms with Gasteiger partial charge in [-0.25, -0.2) is 4.79 Å². The second kappa shape index (κ2) is 6.99. The van der Waals surface area contributed by atoms with Crippen LogP contribution in [0.5, 0.6) is 11.5 Å². The summed E-state index contributed by atoms with van der Waals surface area (Å²) in [6, 6.07) is 7.02. The third-order valence-corrected chi connectivity index (χ3v) is 5.74. The van der Waals surface area contributed by atoms with E-state index >= 15 is 0 Å². The molecule has 0 spiro atoms. The van der Waals surface area contributed by atoms with Gasteiger partial charge in [0, 0.05) is 16.6 Å². The van der Waals surface area contributed by atoms with Crippen LogP contribution in [-0.4, -0.2) is 25.3 Å². The lowest BCUT2D eigenvalue weighted by Gasteiger charge is -2.16. The Morgan fingerprint density at radius 1 is 1.27 bits per heavy atom. The van der Waals surface area contributed by atoms with Crippen LogP contribution in [0, 0.1) is 5.92 Å². The van der Waals surface area contributed by atoms with E-state index in [0.717, 1.165) is 19.3 Å². The first-order valence-electron chi connectivity index (χ1n) is 8.56. The standard InChI is InChI=1S/C19H19NO5S/c1-11-2-5-16-12(6-11)7-17(26-16)19(22)23-9-18(21)20-13-3-4-14-15(8-13)25-10-24-14/h3-4,7-8,11H,2,5-6,9-10H2,1H3,(H,20,21). The van der Waals surface area contributed by atoms with Crippen molar-refractivity contribution in [2.45, 2.75) is 26.2 Å². The minimum absolute atomic E-state index is 0.175. The number of amides is 1. The quantitative estimate of drug-likeness (QED) is 0.832. The fourth-order valence-electron chi connectivity index (χ4n) is 3.18. The van der Waals surface area contributed by atoms with Crippen molar-refractivity contribution in [1.29, 1.82) is 0 Å². The molecule has 2 aromatic rings. The fourth-order valence-corrected chi connectivity index (χ4v) is 4.28. The predicted molar refractivity (Wildman–Crippen MR) is 97.0 cm³/mol. The van der Waals surface area contributed by atoms with E-state index in [4.69, 9.17) is 14.2 Å². The second-order valence-corrected chi connectivity index (χ2v) is 7.74. The first-order valence-corrected chi connectivity index (χ1v) is 9.38. The number of carbonyl (C=O) groups excluding carboxylic acids is 2. The Hall–Kier alpha value is -2.54. The van der Waals surface area contributed by atoms with Gasteiger partial charge in [-0.2, -0.15) is 0 Å². The molecular weight excluding hydrogens is 354 g/mol. The van der Waals surface area contributed by atoms with Crippen molar-refractivity contribution < 1.29 is 23.8 Å². The predicted octanol–water partition coefficient (Wildman–Crippen LogP) is 3.40. The van der Waals surface area contributed by atoms with Crippen molar-refractivity contribution in [2.75, 3.05) is 18.7 Å². The fraction of sp³-hybridized carbons (Fsp3) is 0.368. The van der Waals surface area contributed by atoms with E-state index in [9.17, 15) is 9.59 Å². The molecule has 1 aromatic carbocycles. The summed E-state index contributed by atoms with van der Waals surface area (Å²) in [6.07, 6.45) is 3.17. The SMILES string of the molecule is CC1CCc2sc(C(=O)OCC(=O)Nc3ccc4c(c3)OCO4)cc2C1. The van der Waals surface area contributed by atoms with Gasteiger partial charge in [0.2, 0.25) is 6.79 Å². The van der Waals surface area contributed by atoms with Crippen LogP contribution < -0.4 is 14.8 Å². The third-order valence-electron chi connectivity index (χ3n) is 4.52. The summed E-state index contributed by atoms with van der Waals surface area (Å²) < 4.78 is 15.7. The Morgan fingerprint density at radius 3 is 3.00 bits per heavy atom. The van der Waals surface area contributed by atoms with Crippen molar-refractivity contribution in [3.05, 3.63) is 39.6 Å². The van der Waals surface area contributed by atoms with Crippen LogP contribution in [0.3, 0.4) is 0 Å². The molecule has 7 heteroatoms. The van der Waals surface area contributed by atoms with Gasteiger partial charge in [-0.15, -0.1) is 11.3 Å². The van der Waals surface area contributed by atoms with Gasteiger partial charge in [0.05, 0.1) is 0 Å². The molecule has 26 heavy (non-hydrogen) atoms. The van der Waals surface area contributed by atoms with E-state index in [0.29, 0.717) is 28.0 Å². The zero-order chi connectivity index (χ0) is 18.1. The summed E-state index contributed by atoms with van der Waals surface area (Å²) in [5.41, 5.74) is 1.81. The third kappa shape index (κ3) is 3.53. The van der Waals surface area contributed by atoms with Crippen LogP contribution in [0.4, 0.5) is 5.69 Å². The number of esters is 1. The number of hydrogen-bond donors (Lipinski definition) is 1. The minimum Gasteiger partial charge on any atom is -0.454 e.